The fourth-order valence-corrected chi connectivity index (χ4v) is 2.87. The van der Waals surface area contributed by atoms with Gasteiger partial charge in [-0.3, -0.25) is 0 Å². The average Bonchev–Trinajstić information content (AvgIpc) is 3.30. The molecule has 1 N–H and O–H groups in total. The monoisotopic (exact) mass is 658 g/mol. The molecule has 0 aliphatic rings. The number of rotatable bonds is 0. The van der Waals surface area contributed by atoms with E-state index in [0.717, 1.165) is 9.52 Å². The van der Waals surface area contributed by atoms with Crippen LogP contribution >= 0.6 is 15.9 Å². The van der Waals surface area contributed by atoms with Gasteiger partial charge in [0.1, 0.15) is 0 Å². The van der Waals surface area contributed by atoms with Crippen LogP contribution in [0, 0.1) is 25.1 Å². The first-order valence-corrected chi connectivity index (χ1v) is 14.9. The first kappa shape index (κ1) is 38.2. The van der Waals surface area contributed by atoms with Crippen molar-refractivity contribution in [2.75, 3.05) is 0 Å². The van der Waals surface area contributed by atoms with Gasteiger partial charge in [0, 0.05) is 35.7 Å². The summed E-state index contributed by atoms with van der Waals surface area (Å²) >= 11 is 3.51. The van der Waals surface area contributed by atoms with Gasteiger partial charge < -0.3 is 5.73 Å². The molecule has 5 rings (SSSR count). The quantitative estimate of drug-likeness (QED) is 0.117. The maximum atomic E-state index is 6.94. The van der Waals surface area contributed by atoms with Gasteiger partial charge >= 0.3 is 0 Å². The first-order chi connectivity index (χ1) is 17.7. The molecule has 5 aromatic carbocycles. The maximum Gasteiger partial charge on any atom is 0.0307 e. The summed E-state index contributed by atoms with van der Waals surface area (Å²) in [6.45, 7) is 12.0. The van der Waals surface area contributed by atoms with Crippen molar-refractivity contribution in [2.45, 2.75) is 46.3 Å². The molecule has 5 aromatic rings. The Balaban J connectivity index is 0. The molecule has 0 heterocycles. The second-order valence-electron chi connectivity index (χ2n) is 8.76. The predicted octanol–water partition coefficient (Wildman–Crippen LogP) is 10.7. The smallest absolute Gasteiger partial charge is 0.0307 e. The van der Waals surface area contributed by atoms with Crippen LogP contribution in [0.3, 0.4) is 0 Å². The summed E-state index contributed by atoms with van der Waals surface area (Å²) in [5.41, 5.74) is 8.01. The summed E-state index contributed by atoms with van der Waals surface area (Å²) in [5.74, 6) is 0. The minimum atomic E-state index is -0.250. The van der Waals surface area contributed by atoms with Crippen LogP contribution in [-0.2, 0) is 26.2 Å². The molecule has 2 radical (unpaired) electrons. The van der Waals surface area contributed by atoms with Crippen molar-refractivity contribution < 1.29 is 26.2 Å². The molecule has 0 saturated heterocycles. The summed E-state index contributed by atoms with van der Waals surface area (Å²) in [6, 6.07) is 48.2. The minimum Gasteiger partial charge on any atom is -0.673 e. The van der Waals surface area contributed by atoms with E-state index in [1.165, 1.54) is 20.8 Å². The zero-order valence-electron chi connectivity index (χ0n) is 23.4. The summed E-state index contributed by atoms with van der Waals surface area (Å²) in [7, 11) is 1.08. The maximum absolute atomic E-state index is 6.94. The molecule has 1 nitrogen and oxygen atoms in total. The van der Waals surface area contributed by atoms with Crippen LogP contribution in [0.2, 0.25) is 13.1 Å². The van der Waals surface area contributed by atoms with E-state index in [9.17, 15) is 0 Å². The third-order valence-corrected chi connectivity index (χ3v) is 4.35. The number of fused-ring (bicyclic) bond motifs is 1. The van der Waals surface area contributed by atoms with E-state index in [0.29, 0.717) is 0 Å². The standard InChI is InChI=1S/C10H8Br.3C6H5.C4H10N.C2H6Si.Zr/c1-7-5-8-3-2-4-10(11)9(8)6-7;3*1-2-4-6-5-3-1;1-4(2,3)5;1-3-2;/h2-6H,1H3;3*1-5H;5H,1-3H3;1-2H3;/q5*-1;;. The molecule has 0 bridgehead atoms. The average molecular weight is 661 g/mol. The molecular formula is C34H39BrNSiZr-5. The summed E-state index contributed by atoms with van der Waals surface area (Å²) in [6.07, 6.45) is 0. The molecule has 0 aliphatic heterocycles. The Morgan fingerprint density at radius 3 is 1.29 bits per heavy atom. The zero-order valence-corrected chi connectivity index (χ0v) is 28.5. The normalized spacial score (nSPS) is 8.95. The summed E-state index contributed by atoms with van der Waals surface area (Å²) < 4.78 is 1.18. The van der Waals surface area contributed by atoms with E-state index in [1.807, 2.05) is 112 Å². The van der Waals surface area contributed by atoms with Crippen LogP contribution in [0.5, 0.6) is 0 Å². The fraction of sp³-hybridized carbons (Fsp3) is 0.206. The number of hydrogen-bond donors (Lipinski definition) is 0. The number of benzene rings is 4. The Hall–Kier alpha value is -1.97. The Labute approximate surface area is 262 Å². The van der Waals surface area contributed by atoms with Gasteiger partial charge in [-0.1, -0.05) is 62.8 Å². The largest absolute Gasteiger partial charge is 0.673 e. The molecule has 0 aliphatic carbocycles. The second-order valence-corrected chi connectivity index (χ2v) is 10.6. The van der Waals surface area contributed by atoms with Crippen LogP contribution in [0.25, 0.3) is 16.5 Å². The molecule has 4 heteroatoms. The van der Waals surface area contributed by atoms with Crippen molar-refractivity contribution in [1.29, 1.82) is 0 Å². The van der Waals surface area contributed by atoms with E-state index in [4.69, 9.17) is 5.73 Å². The molecule has 0 spiro atoms. The summed E-state index contributed by atoms with van der Waals surface area (Å²) in [4.78, 5) is 0. The number of aryl methyl sites for hydroxylation is 1. The SMILES string of the molecule is CC(C)(C)[NH-].C[Si]C.Cc1cc2c(Br)cccc2[cH-]1.[Zr].[c-]1ccccc1.[c-]1ccccc1.[c-]1ccccc1. The Bertz CT molecular complexity index is 964. The minimum absolute atomic E-state index is 0. The Morgan fingerprint density at radius 2 is 1.05 bits per heavy atom. The van der Waals surface area contributed by atoms with Crippen LogP contribution in [0.15, 0.2) is 126 Å². The Kier molecular flexibility index (Phi) is 25.4. The van der Waals surface area contributed by atoms with Gasteiger partial charge in [-0.25, -0.2) is 0 Å². The predicted molar refractivity (Wildman–Crippen MR) is 169 cm³/mol. The first-order valence-electron chi connectivity index (χ1n) is 12.1. The third-order valence-electron chi connectivity index (χ3n) is 3.66. The summed E-state index contributed by atoms with van der Waals surface area (Å²) in [5, 5.41) is 2.63. The van der Waals surface area contributed by atoms with E-state index in [-0.39, 0.29) is 31.7 Å². The van der Waals surface area contributed by atoms with Gasteiger partial charge in [-0.2, -0.15) is 115 Å². The van der Waals surface area contributed by atoms with Crippen molar-refractivity contribution in [3.63, 3.8) is 0 Å². The van der Waals surface area contributed by atoms with Crippen molar-refractivity contribution in [3.05, 3.63) is 155 Å². The second kappa shape index (κ2) is 25.3. The van der Waals surface area contributed by atoms with Crippen molar-refractivity contribution in [3.8, 4) is 0 Å². The van der Waals surface area contributed by atoms with E-state index >= 15 is 0 Å². The zero-order chi connectivity index (χ0) is 27.8. The molecule has 0 fully saturated rings. The molecule has 0 unspecified atom stereocenters. The Morgan fingerprint density at radius 1 is 0.711 bits per heavy atom. The van der Waals surface area contributed by atoms with Gasteiger partial charge in [0.15, 0.2) is 0 Å². The van der Waals surface area contributed by atoms with Gasteiger partial charge in [-0.15, -0.1) is 40.1 Å². The number of halogens is 1. The fourth-order valence-electron chi connectivity index (χ4n) is 2.37. The molecular weight excluding hydrogens is 622 g/mol. The van der Waals surface area contributed by atoms with Gasteiger partial charge in [0.05, 0.1) is 0 Å². The van der Waals surface area contributed by atoms with Gasteiger partial charge in [0.25, 0.3) is 0 Å². The van der Waals surface area contributed by atoms with Crippen LogP contribution in [0.1, 0.15) is 26.3 Å². The van der Waals surface area contributed by atoms with Gasteiger partial charge in [-0.05, 0) is 4.47 Å². The topological polar surface area (TPSA) is 23.8 Å². The van der Waals surface area contributed by atoms with E-state index < -0.39 is 0 Å². The third kappa shape index (κ3) is 25.7. The molecule has 38 heavy (non-hydrogen) atoms. The van der Waals surface area contributed by atoms with Crippen LogP contribution in [-0.4, -0.2) is 15.1 Å². The number of hydrogen-bond acceptors (Lipinski definition) is 0. The van der Waals surface area contributed by atoms with Crippen molar-refractivity contribution >= 4 is 36.2 Å². The van der Waals surface area contributed by atoms with E-state index in [2.05, 4.69) is 84.5 Å². The van der Waals surface area contributed by atoms with Crippen LogP contribution in [0.4, 0.5) is 0 Å². The van der Waals surface area contributed by atoms with Crippen molar-refractivity contribution in [2.24, 2.45) is 0 Å². The van der Waals surface area contributed by atoms with Crippen molar-refractivity contribution in [1.82, 2.24) is 0 Å². The molecule has 0 saturated carbocycles. The van der Waals surface area contributed by atoms with Gasteiger partial charge in [0.2, 0.25) is 0 Å². The molecule has 0 aromatic heterocycles. The molecule has 200 valence electrons. The van der Waals surface area contributed by atoms with E-state index in [1.54, 1.807) is 0 Å². The molecule has 0 atom stereocenters. The number of nitrogens with one attached hydrogen (secondary N) is 1. The molecule has 0 amide bonds. The van der Waals surface area contributed by atoms with Crippen LogP contribution < -0.4 is 0 Å².